The van der Waals surface area contributed by atoms with Gasteiger partial charge in [0.05, 0.1) is 17.4 Å². The second kappa shape index (κ2) is 24.7. The quantitative estimate of drug-likeness (QED) is 0.0452. The third-order valence-corrected chi connectivity index (χ3v) is 14.5. The summed E-state index contributed by atoms with van der Waals surface area (Å²) in [4.78, 5) is 121. The molecule has 1 N–H and O–H groups in total. The number of carbonyl (C=O) groups is 8. The van der Waals surface area contributed by atoms with Crippen molar-refractivity contribution in [2.45, 2.75) is 154 Å². The number of Topliss-reactive ketones (excluding diaryl/α,β-unsaturated/α-hetero) is 4. The highest BCUT2D eigenvalue weighted by Crippen LogP contribution is 2.50. The van der Waals surface area contributed by atoms with Crippen LogP contribution in [0.4, 0.5) is 0 Å². The van der Waals surface area contributed by atoms with Crippen molar-refractivity contribution >= 4 is 69.9 Å². The number of nitrogens with zero attached hydrogens (tertiary/aromatic N) is 8. The molecular weight excluding hydrogens is 873 g/mol. The van der Waals surface area contributed by atoms with E-state index in [1.54, 1.807) is 0 Å². The summed E-state index contributed by atoms with van der Waals surface area (Å²) in [6, 6.07) is 0. The fourth-order valence-corrected chi connectivity index (χ4v) is 10.6. The van der Waals surface area contributed by atoms with Gasteiger partial charge in [0.1, 0.15) is 25.9 Å². The molecule has 5 fully saturated rings. The smallest absolute Gasteiger partial charge is 0.441 e. The van der Waals surface area contributed by atoms with Crippen LogP contribution < -0.4 is 0 Å². The van der Waals surface area contributed by atoms with Gasteiger partial charge >= 0.3 is 46.7 Å². The first-order valence-electron chi connectivity index (χ1n) is 23.7. The Labute approximate surface area is 387 Å². The number of hydrogen-bond acceptors (Lipinski definition) is 13. The van der Waals surface area contributed by atoms with Crippen LogP contribution in [0.25, 0.3) is 22.1 Å². The van der Waals surface area contributed by atoms with Crippen LogP contribution in [-0.2, 0) is 57.3 Å². The van der Waals surface area contributed by atoms with Crippen molar-refractivity contribution in [1.29, 1.82) is 0 Å². The normalized spacial score (nSPS) is 23.9. The van der Waals surface area contributed by atoms with E-state index in [1.165, 1.54) is 0 Å². The zero-order valence-corrected chi connectivity index (χ0v) is 37.9. The number of ketones is 4. The van der Waals surface area contributed by atoms with E-state index in [0.29, 0.717) is 103 Å². The largest absolute Gasteiger partial charge is 0.456 e. The van der Waals surface area contributed by atoms with Crippen molar-refractivity contribution in [3.8, 4) is 0 Å². The van der Waals surface area contributed by atoms with Gasteiger partial charge in [-0.2, -0.15) is 19.2 Å². The van der Waals surface area contributed by atoms with E-state index >= 15 is 0 Å². The van der Waals surface area contributed by atoms with Crippen LogP contribution in [0.15, 0.2) is 0 Å². The first kappa shape index (κ1) is 52.0. The summed E-state index contributed by atoms with van der Waals surface area (Å²) in [6.45, 7) is -3.84. The van der Waals surface area contributed by atoms with Gasteiger partial charge in [0, 0.05) is 23.7 Å². The molecule has 0 amide bonds. The van der Waals surface area contributed by atoms with Crippen LogP contribution in [0.1, 0.15) is 148 Å². The molecule has 0 spiro atoms. The predicted octanol–water partition coefficient (Wildman–Crippen LogP) is 3.96. The number of aliphatic hydroxyl groups is 1. The lowest BCUT2D eigenvalue weighted by molar-refractivity contribution is -0.211. The molecule has 5 aliphatic rings. The molecule has 21 nitrogen and oxygen atoms in total. The molecule has 0 aromatic carbocycles. The maximum absolute atomic E-state index is 14.3. The number of esters is 4. The van der Waals surface area contributed by atoms with E-state index in [1.807, 2.05) is 0 Å². The molecule has 0 radical (unpaired) electrons. The fourth-order valence-electron chi connectivity index (χ4n) is 10.6. The minimum Gasteiger partial charge on any atom is -0.456 e. The average molecular weight is 933 g/mol. The summed E-state index contributed by atoms with van der Waals surface area (Å²) >= 11 is 0. The first-order valence-corrected chi connectivity index (χ1v) is 23.7. The Morgan fingerprint density at radius 3 is 0.955 bits per heavy atom. The average Bonchev–Trinajstić information content (AvgIpc) is 3.37. The maximum Gasteiger partial charge on any atom is 0.441 e. The second-order valence-electron chi connectivity index (χ2n) is 18.8. The molecule has 2 atom stereocenters. The number of rotatable bonds is 20. The van der Waals surface area contributed by atoms with E-state index in [-0.39, 0.29) is 19.3 Å². The monoisotopic (exact) mass is 932 g/mol. The summed E-state index contributed by atoms with van der Waals surface area (Å²) < 4.78 is 22.9. The summed E-state index contributed by atoms with van der Waals surface area (Å²) in [6.07, 6.45) is 9.78. The topological polar surface area (TPSA) is 339 Å². The summed E-state index contributed by atoms with van der Waals surface area (Å²) in [5, 5.41) is 11.3. The first-order chi connectivity index (χ1) is 32.3. The minimum absolute atomic E-state index is 0.00489. The number of aliphatic hydroxyl groups excluding tert-OH is 1. The number of ether oxygens (including phenoxy) is 4. The number of hydrogen-bond donors (Lipinski definition) is 1. The standard InChI is InChI=1S/C46H60N8O13/c47-51-32(36(56)28-14-5-1-6-15-28)40(60)64-25-45(24-55)22-13-23-46(26-65-41(61)33(52-48)37(57)29-16-7-2-8-17-29,27-66-42(62)34(53-49)38(58)30-18-9-3-10-19-30)44(45)67-43(63)35(54-50)39(59)31-20-11-4-12-21-31/h28-31,44,55H,1-27H2. The van der Waals surface area contributed by atoms with Crippen LogP contribution >= 0.6 is 0 Å². The van der Waals surface area contributed by atoms with Gasteiger partial charge in [-0.3, -0.25) is 19.2 Å². The SMILES string of the molecule is [N-]=[N+]=C(C(=O)OCC1(CO)CCCC(COC(=O)C(=[N+]=[N-])C(=O)C2CCCCC2)(COC(=O)C(=[N+]=[N-])C(=O)C2CCCCC2)C1OC(=O)C(=[N+]=[N-])C(=O)C1CCCCC1)C(=O)C1CCCCC1. The van der Waals surface area contributed by atoms with Crippen molar-refractivity contribution in [2.24, 2.45) is 34.5 Å². The zero-order chi connectivity index (χ0) is 48.6. The third kappa shape index (κ3) is 12.5. The predicted molar refractivity (Wildman–Crippen MR) is 229 cm³/mol. The minimum atomic E-state index is -2.07. The van der Waals surface area contributed by atoms with Gasteiger partial charge in [0.25, 0.3) is 23.1 Å². The summed E-state index contributed by atoms with van der Waals surface area (Å²) in [5.74, 6) is -11.7. The van der Waals surface area contributed by atoms with E-state index in [2.05, 4.69) is 19.2 Å². The summed E-state index contributed by atoms with van der Waals surface area (Å²) in [5.41, 5.74) is 31.9. The molecule has 2 unspecified atom stereocenters. The molecule has 5 saturated carbocycles. The Balaban J connectivity index is 1.56. The van der Waals surface area contributed by atoms with Crippen LogP contribution in [0.2, 0.25) is 0 Å². The van der Waals surface area contributed by atoms with Crippen LogP contribution in [-0.4, -0.2) is 127 Å². The molecule has 0 aliphatic heterocycles. The molecule has 67 heavy (non-hydrogen) atoms. The van der Waals surface area contributed by atoms with Crippen LogP contribution in [0, 0.1) is 34.5 Å². The van der Waals surface area contributed by atoms with Crippen molar-refractivity contribution in [2.75, 3.05) is 26.4 Å². The molecule has 21 heteroatoms. The third-order valence-electron chi connectivity index (χ3n) is 14.5. The van der Waals surface area contributed by atoms with Gasteiger partial charge in [-0.05, 0) is 64.2 Å². The fraction of sp³-hybridized carbons (Fsp3) is 0.739. The van der Waals surface area contributed by atoms with Crippen molar-refractivity contribution in [1.82, 2.24) is 0 Å². The van der Waals surface area contributed by atoms with Gasteiger partial charge in [-0.1, -0.05) is 83.5 Å². The molecular formula is C46H60N8O13. The molecule has 0 saturated heterocycles. The van der Waals surface area contributed by atoms with Crippen LogP contribution in [0.5, 0.6) is 0 Å². The Hall–Kier alpha value is -5.96. The van der Waals surface area contributed by atoms with Crippen molar-refractivity contribution < 1.29 is 81.6 Å². The van der Waals surface area contributed by atoms with E-state index in [9.17, 15) is 65.6 Å². The molecule has 0 aromatic rings. The molecule has 0 bridgehead atoms. The Bertz CT molecular complexity index is 2070. The Kier molecular flexibility index (Phi) is 19.2. The van der Waals surface area contributed by atoms with Gasteiger partial charge in [-0.15, -0.1) is 0 Å². The number of carbonyl (C=O) groups excluding carboxylic acids is 8. The highest BCUT2D eigenvalue weighted by Gasteiger charge is 2.60. The molecule has 0 aromatic heterocycles. The molecule has 0 heterocycles. The Morgan fingerprint density at radius 2 is 0.672 bits per heavy atom. The maximum atomic E-state index is 14.3. The molecule has 362 valence electrons. The van der Waals surface area contributed by atoms with Crippen LogP contribution in [0.3, 0.4) is 0 Å². The van der Waals surface area contributed by atoms with Gasteiger partial charge in [0.15, 0.2) is 0 Å². The Morgan fingerprint density at radius 1 is 0.403 bits per heavy atom. The lowest BCUT2D eigenvalue weighted by atomic mass is 9.60. The molecule has 5 aliphatic carbocycles. The molecule has 5 rings (SSSR count). The van der Waals surface area contributed by atoms with E-state index in [4.69, 9.17) is 18.9 Å². The zero-order valence-electron chi connectivity index (χ0n) is 37.9. The summed E-state index contributed by atoms with van der Waals surface area (Å²) in [7, 11) is 0. The highest BCUT2D eigenvalue weighted by molar-refractivity contribution is 6.64. The van der Waals surface area contributed by atoms with Gasteiger partial charge < -0.3 is 46.2 Å². The van der Waals surface area contributed by atoms with Crippen molar-refractivity contribution in [3.05, 3.63) is 22.1 Å². The van der Waals surface area contributed by atoms with Gasteiger partial charge in [-0.25, -0.2) is 19.2 Å². The highest BCUT2D eigenvalue weighted by atomic mass is 16.6. The van der Waals surface area contributed by atoms with Gasteiger partial charge in [0.2, 0.25) is 0 Å². The van der Waals surface area contributed by atoms with E-state index in [0.717, 1.165) is 25.7 Å². The van der Waals surface area contributed by atoms with E-state index < -0.39 is 137 Å². The lowest BCUT2D eigenvalue weighted by Crippen LogP contribution is -2.61. The lowest BCUT2D eigenvalue weighted by Gasteiger charge is -2.51. The van der Waals surface area contributed by atoms with Crippen molar-refractivity contribution in [3.63, 3.8) is 0 Å². The second-order valence-corrected chi connectivity index (χ2v) is 18.8.